The topological polar surface area (TPSA) is 78.4 Å². The zero-order chi connectivity index (χ0) is 15.3. The minimum Gasteiger partial charge on any atom is -0.480 e. The molecule has 0 spiro atoms. The summed E-state index contributed by atoms with van der Waals surface area (Å²) >= 11 is 5.62. The Morgan fingerprint density at radius 2 is 2.05 bits per heavy atom. The second-order valence-corrected chi connectivity index (χ2v) is 5.01. The van der Waals surface area contributed by atoms with Crippen molar-refractivity contribution in [2.45, 2.75) is 26.4 Å². The first-order chi connectivity index (χ1) is 9.32. The van der Waals surface area contributed by atoms with Crippen LogP contribution in [0.5, 0.6) is 0 Å². The Kier molecular flexibility index (Phi) is 5.76. The van der Waals surface area contributed by atoms with E-state index in [1.54, 1.807) is 19.9 Å². The third kappa shape index (κ3) is 4.38. The number of carbonyl (C=O) groups is 2. The number of carboxylic acid groups (broad SMARTS) is 1. The van der Waals surface area contributed by atoms with Gasteiger partial charge in [0.15, 0.2) is 0 Å². The zero-order valence-corrected chi connectivity index (χ0v) is 11.9. The Balaban J connectivity index is 2.59. The number of urea groups is 1. The molecule has 7 heteroatoms. The van der Waals surface area contributed by atoms with Crippen molar-refractivity contribution in [3.63, 3.8) is 0 Å². The summed E-state index contributed by atoms with van der Waals surface area (Å²) in [5.41, 5.74) is 0.226. The van der Waals surface area contributed by atoms with E-state index in [-0.39, 0.29) is 23.0 Å². The summed E-state index contributed by atoms with van der Waals surface area (Å²) in [6.45, 7) is 3.27. The highest BCUT2D eigenvalue weighted by Crippen LogP contribution is 2.17. The maximum absolute atomic E-state index is 13.6. The number of carboxylic acids is 1. The number of benzene rings is 1. The molecular formula is C13H16ClFN2O3. The first kappa shape index (κ1) is 16.2. The molecule has 5 nitrogen and oxygen atoms in total. The van der Waals surface area contributed by atoms with Gasteiger partial charge in [-0.25, -0.2) is 14.0 Å². The van der Waals surface area contributed by atoms with Crippen molar-refractivity contribution in [3.8, 4) is 0 Å². The molecule has 0 aliphatic carbocycles. The number of aliphatic carboxylic acids is 1. The van der Waals surface area contributed by atoms with Crippen molar-refractivity contribution >= 4 is 23.6 Å². The molecule has 1 unspecified atom stereocenters. The van der Waals surface area contributed by atoms with Crippen molar-refractivity contribution in [1.29, 1.82) is 0 Å². The summed E-state index contributed by atoms with van der Waals surface area (Å²) in [5.74, 6) is -1.99. The lowest BCUT2D eigenvalue weighted by Gasteiger charge is -2.18. The van der Waals surface area contributed by atoms with E-state index in [4.69, 9.17) is 16.7 Å². The van der Waals surface area contributed by atoms with E-state index in [1.807, 2.05) is 0 Å². The average molecular weight is 303 g/mol. The summed E-state index contributed by atoms with van der Waals surface area (Å²) in [6, 6.07) is 2.77. The molecule has 1 atom stereocenters. The molecule has 2 amide bonds. The van der Waals surface area contributed by atoms with E-state index in [0.717, 1.165) is 0 Å². The Bertz CT molecular complexity index is 508. The third-order valence-corrected chi connectivity index (χ3v) is 2.98. The van der Waals surface area contributed by atoms with Gasteiger partial charge < -0.3 is 15.7 Å². The molecule has 0 saturated heterocycles. The molecule has 20 heavy (non-hydrogen) atoms. The van der Waals surface area contributed by atoms with Crippen LogP contribution in [0.1, 0.15) is 19.4 Å². The molecule has 0 bridgehead atoms. The second-order valence-electron chi connectivity index (χ2n) is 4.60. The summed E-state index contributed by atoms with van der Waals surface area (Å²) in [5, 5.41) is 13.6. The minimum atomic E-state index is -1.12. The number of hydrogen-bond donors (Lipinski definition) is 3. The van der Waals surface area contributed by atoms with Crippen molar-refractivity contribution in [3.05, 3.63) is 34.6 Å². The highest BCUT2D eigenvalue weighted by Gasteiger charge is 2.23. The quantitative estimate of drug-likeness (QED) is 0.781. The van der Waals surface area contributed by atoms with Crippen molar-refractivity contribution < 1.29 is 19.1 Å². The predicted octanol–water partition coefficient (Wildman–Crippen LogP) is 2.39. The maximum atomic E-state index is 13.6. The van der Waals surface area contributed by atoms with E-state index in [0.29, 0.717) is 0 Å². The average Bonchev–Trinajstić information content (AvgIpc) is 2.37. The zero-order valence-electron chi connectivity index (χ0n) is 11.1. The van der Waals surface area contributed by atoms with Crippen LogP contribution in [0.2, 0.25) is 5.02 Å². The summed E-state index contributed by atoms with van der Waals surface area (Å²) < 4.78 is 13.6. The highest BCUT2D eigenvalue weighted by molar-refractivity contribution is 6.30. The van der Waals surface area contributed by atoms with Gasteiger partial charge in [0, 0.05) is 12.1 Å². The van der Waals surface area contributed by atoms with E-state index >= 15 is 0 Å². The fraction of sp³-hybridized carbons (Fsp3) is 0.385. The standard InChI is InChI=1S/C13H16ClFN2O3/c1-7(2)11(12(18)19)17-13(20)16-6-8-4-3-5-9(14)10(8)15/h3-5,7,11H,6H2,1-2H3,(H,18,19)(H2,16,17,20). The fourth-order valence-corrected chi connectivity index (χ4v) is 1.76. The summed E-state index contributed by atoms with van der Waals surface area (Å²) in [6.07, 6.45) is 0. The molecule has 1 rings (SSSR count). The normalized spacial score (nSPS) is 12.1. The Hall–Kier alpha value is -1.82. The maximum Gasteiger partial charge on any atom is 0.326 e. The van der Waals surface area contributed by atoms with Crippen LogP contribution in [-0.4, -0.2) is 23.1 Å². The molecular weight excluding hydrogens is 287 g/mol. The van der Waals surface area contributed by atoms with Gasteiger partial charge in [0.1, 0.15) is 11.9 Å². The van der Waals surface area contributed by atoms with Crippen LogP contribution in [0.15, 0.2) is 18.2 Å². The number of nitrogens with one attached hydrogen (secondary N) is 2. The predicted molar refractivity (Wildman–Crippen MR) is 73.0 cm³/mol. The molecule has 0 aromatic heterocycles. The van der Waals surface area contributed by atoms with Gasteiger partial charge in [-0.2, -0.15) is 0 Å². The lowest BCUT2D eigenvalue weighted by atomic mass is 10.1. The molecule has 0 radical (unpaired) electrons. The fourth-order valence-electron chi connectivity index (χ4n) is 1.57. The largest absolute Gasteiger partial charge is 0.480 e. The van der Waals surface area contributed by atoms with Crippen LogP contribution in [0.4, 0.5) is 9.18 Å². The van der Waals surface area contributed by atoms with Gasteiger partial charge in [0.2, 0.25) is 0 Å². The highest BCUT2D eigenvalue weighted by atomic mass is 35.5. The van der Waals surface area contributed by atoms with Gasteiger partial charge in [-0.1, -0.05) is 37.6 Å². The molecule has 0 heterocycles. The smallest absolute Gasteiger partial charge is 0.326 e. The Labute approximate surface area is 121 Å². The molecule has 0 aliphatic rings. The molecule has 0 aliphatic heterocycles. The van der Waals surface area contributed by atoms with E-state index in [2.05, 4.69) is 10.6 Å². The van der Waals surface area contributed by atoms with Gasteiger partial charge in [0.05, 0.1) is 5.02 Å². The van der Waals surface area contributed by atoms with Gasteiger partial charge in [0.25, 0.3) is 0 Å². The van der Waals surface area contributed by atoms with Gasteiger partial charge >= 0.3 is 12.0 Å². The SMILES string of the molecule is CC(C)C(NC(=O)NCc1cccc(Cl)c1F)C(=O)O. The summed E-state index contributed by atoms with van der Waals surface area (Å²) in [4.78, 5) is 22.5. The molecule has 0 fully saturated rings. The lowest BCUT2D eigenvalue weighted by molar-refractivity contribution is -0.140. The van der Waals surface area contributed by atoms with E-state index in [1.165, 1.54) is 12.1 Å². The van der Waals surface area contributed by atoms with Gasteiger partial charge in [-0.05, 0) is 12.0 Å². The van der Waals surface area contributed by atoms with Crippen molar-refractivity contribution in [2.24, 2.45) is 5.92 Å². The van der Waals surface area contributed by atoms with Crippen LogP contribution in [0, 0.1) is 11.7 Å². The monoisotopic (exact) mass is 302 g/mol. The molecule has 3 N–H and O–H groups in total. The van der Waals surface area contributed by atoms with E-state index < -0.39 is 23.9 Å². The lowest BCUT2D eigenvalue weighted by Crippen LogP contribution is -2.48. The number of halogens is 2. The molecule has 0 saturated carbocycles. The van der Waals surface area contributed by atoms with Crippen LogP contribution in [0.25, 0.3) is 0 Å². The Morgan fingerprint density at radius 1 is 1.40 bits per heavy atom. The van der Waals surface area contributed by atoms with Crippen LogP contribution in [-0.2, 0) is 11.3 Å². The number of amides is 2. The number of hydrogen-bond acceptors (Lipinski definition) is 2. The van der Waals surface area contributed by atoms with Gasteiger partial charge in [-0.3, -0.25) is 0 Å². The molecule has 110 valence electrons. The third-order valence-electron chi connectivity index (χ3n) is 2.69. The molecule has 1 aromatic rings. The van der Waals surface area contributed by atoms with E-state index in [9.17, 15) is 14.0 Å². The molecule has 1 aromatic carbocycles. The number of carbonyl (C=O) groups excluding carboxylic acids is 1. The van der Waals surface area contributed by atoms with Crippen molar-refractivity contribution in [1.82, 2.24) is 10.6 Å². The first-order valence-corrected chi connectivity index (χ1v) is 6.40. The summed E-state index contributed by atoms with van der Waals surface area (Å²) in [7, 11) is 0. The van der Waals surface area contributed by atoms with Crippen LogP contribution < -0.4 is 10.6 Å². The van der Waals surface area contributed by atoms with Crippen LogP contribution >= 0.6 is 11.6 Å². The Morgan fingerprint density at radius 3 is 2.60 bits per heavy atom. The van der Waals surface area contributed by atoms with Crippen LogP contribution in [0.3, 0.4) is 0 Å². The number of rotatable bonds is 5. The second kappa shape index (κ2) is 7.09. The van der Waals surface area contributed by atoms with Gasteiger partial charge in [-0.15, -0.1) is 0 Å². The minimum absolute atomic E-state index is 0.0321. The van der Waals surface area contributed by atoms with Crippen molar-refractivity contribution in [2.75, 3.05) is 0 Å². The first-order valence-electron chi connectivity index (χ1n) is 6.03.